The smallest absolute Gasteiger partial charge is 0.104 e. The minimum absolute atomic E-state index is 0.0414. The summed E-state index contributed by atoms with van der Waals surface area (Å²) in [7, 11) is 0. The largest absolute Gasteiger partial charge is 0.322 e. The average Bonchev–Trinajstić information content (AvgIpc) is 3.31. The van der Waals surface area contributed by atoms with Gasteiger partial charge in [0, 0.05) is 22.3 Å². The number of nitriles is 3. The van der Waals surface area contributed by atoms with Gasteiger partial charge in [0.15, 0.2) is 0 Å². The summed E-state index contributed by atoms with van der Waals surface area (Å²) in [4.78, 5) is 2.38. The van der Waals surface area contributed by atoms with Crippen molar-refractivity contribution in [2.24, 2.45) is 0 Å². The number of hydrogen-bond acceptors (Lipinski definition) is 5. The van der Waals surface area contributed by atoms with E-state index in [1.54, 1.807) is 0 Å². The number of fused-ring (bicyclic) bond motifs is 4. The van der Waals surface area contributed by atoms with Crippen LogP contribution in [-0.2, 0) is 6.42 Å². The molecule has 1 N–H and O–H groups in total. The molecule has 244 valence electrons. The second-order valence-electron chi connectivity index (χ2n) is 12.9. The first-order chi connectivity index (χ1) is 25.1. The van der Waals surface area contributed by atoms with Crippen LogP contribution in [0.2, 0.25) is 0 Å². The van der Waals surface area contributed by atoms with E-state index in [0.29, 0.717) is 11.1 Å². The summed E-state index contributed by atoms with van der Waals surface area (Å²) in [6.45, 7) is 1.96. The van der Waals surface area contributed by atoms with Crippen LogP contribution in [0.15, 0.2) is 139 Å². The standard InChI is InChI=1S/C45H34N6/c1-2-9-41-37(22-23-46)39-26-30(28-47)16-21-44(39)51(41)42-13-6-3-10-36(42)34-25-31(29-48)24-33(27-34)32-17-19-35(20-18-32)50-43-14-7-4-11-38(43)40-12-5-8-15-45(50)49-40/h2-3,5-10,12-21,24-27,40,45,49H,4,11,22H2,1H3/b9-2-. The van der Waals surface area contributed by atoms with Gasteiger partial charge in [0.2, 0.25) is 0 Å². The molecule has 4 aromatic carbocycles. The molecule has 2 aliphatic heterocycles. The molecule has 1 aliphatic carbocycles. The molecule has 6 nitrogen and oxygen atoms in total. The third-order valence-electron chi connectivity index (χ3n) is 9.98. The van der Waals surface area contributed by atoms with Crippen molar-refractivity contribution in [3.8, 4) is 46.1 Å². The highest BCUT2D eigenvalue weighted by molar-refractivity contribution is 5.93. The lowest BCUT2D eigenvalue weighted by atomic mass is 9.91. The van der Waals surface area contributed by atoms with Gasteiger partial charge in [0.1, 0.15) is 6.17 Å². The van der Waals surface area contributed by atoms with Crippen LogP contribution in [-0.4, -0.2) is 16.8 Å². The second kappa shape index (κ2) is 13.3. The van der Waals surface area contributed by atoms with Crippen LogP contribution in [0, 0.1) is 34.0 Å². The maximum atomic E-state index is 10.2. The Morgan fingerprint density at radius 3 is 2.45 bits per heavy atom. The fourth-order valence-electron chi connectivity index (χ4n) is 7.73. The second-order valence-corrected chi connectivity index (χ2v) is 12.9. The van der Waals surface area contributed by atoms with Crippen molar-refractivity contribution < 1.29 is 0 Å². The molecule has 0 saturated heterocycles. The molecule has 0 radical (unpaired) electrons. The molecular weight excluding hydrogens is 625 g/mol. The average molecular weight is 659 g/mol. The number of para-hydroxylation sites is 1. The van der Waals surface area contributed by atoms with Crippen molar-refractivity contribution in [3.63, 3.8) is 0 Å². The van der Waals surface area contributed by atoms with Crippen LogP contribution in [0.4, 0.5) is 5.69 Å². The number of aromatic nitrogens is 1. The summed E-state index contributed by atoms with van der Waals surface area (Å²) in [6.07, 6.45) is 19.6. The van der Waals surface area contributed by atoms with E-state index in [4.69, 9.17) is 0 Å². The lowest BCUT2D eigenvalue weighted by molar-refractivity contribution is 0.516. The molecule has 2 atom stereocenters. The van der Waals surface area contributed by atoms with Crippen molar-refractivity contribution in [2.75, 3.05) is 4.90 Å². The van der Waals surface area contributed by atoms with Crippen LogP contribution in [0.25, 0.3) is 44.9 Å². The Hall–Kier alpha value is -6.65. The van der Waals surface area contributed by atoms with Gasteiger partial charge < -0.3 is 9.47 Å². The topological polar surface area (TPSA) is 91.6 Å². The molecular formula is C45H34N6. The number of anilines is 1. The Bertz CT molecular complexity index is 2480. The SMILES string of the molecule is C/C=C\c1c(CC#N)c2cc(C#N)ccc2n1-c1ccccc1-c1cc(C#N)cc(-c2ccc(N3C4=C(CCC=C4)C4C=CC=CC3N4)cc2)c1. The van der Waals surface area contributed by atoms with Gasteiger partial charge in [-0.15, -0.1) is 0 Å². The summed E-state index contributed by atoms with van der Waals surface area (Å²) < 4.78 is 2.17. The molecule has 5 aromatic rings. The van der Waals surface area contributed by atoms with Crippen LogP contribution in [0.5, 0.6) is 0 Å². The number of nitrogens with zero attached hydrogens (tertiary/aromatic N) is 5. The van der Waals surface area contributed by atoms with Crippen LogP contribution in [0.3, 0.4) is 0 Å². The summed E-state index contributed by atoms with van der Waals surface area (Å²) in [5.41, 5.74) is 12.4. The van der Waals surface area contributed by atoms with Crippen molar-refractivity contribution >= 4 is 22.7 Å². The first-order valence-electron chi connectivity index (χ1n) is 17.2. The molecule has 0 fully saturated rings. The monoisotopic (exact) mass is 658 g/mol. The summed E-state index contributed by atoms with van der Waals surface area (Å²) in [6, 6.07) is 35.7. The molecule has 8 rings (SSSR count). The highest BCUT2D eigenvalue weighted by Gasteiger charge is 2.33. The summed E-state index contributed by atoms with van der Waals surface area (Å²) in [5.74, 6) is 0. The van der Waals surface area contributed by atoms with Gasteiger partial charge in [-0.25, -0.2) is 0 Å². The molecule has 3 aliphatic rings. The molecule has 1 aromatic heterocycles. The van der Waals surface area contributed by atoms with Crippen molar-refractivity contribution in [3.05, 3.63) is 161 Å². The van der Waals surface area contributed by atoms with E-state index in [1.807, 2.05) is 61.5 Å². The Balaban J connectivity index is 1.23. The first kappa shape index (κ1) is 31.6. The van der Waals surface area contributed by atoms with E-state index in [0.717, 1.165) is 68.6 Å². The van der Waals surface area contributed by atoms with Gasteiger partial charge in [-0.05, 0) is 120 Å². The lowest BCUT2D eigenvalue weighted by Gasteiger charge is -2.43. The third kappa shape index (κ3) is 5.57. The zero-order valence-electron chi connectivity index (χ0n) is 28.2. The molecule has 0 spiro atoms. The highest BCUT2D eigenvalue weighted by Crippen LogP contribution is 2.39. The lowest BCUT2D eigenvalue weighted by Crippen LogP contribution is -2.53. The van der Waals surface area contributed by atoms with Gasteiger partial charge >= 0.3 is 0 Å². The number of rotatable bonds is 6. The minimum atomic E-state index is 0.0414. The molecule has 3 heterocycles. The Morgan fingerprint density at radius 1 is 0.843 bits per heavy atom. The van der Waals surface area contributed by atoms with Crippen molar-refractivity contribution in [1.29, 1.82) is 15.8 Å². The molecule has 0 saturated carbocycles. The fourth-order valence-corrected chi connectivity index (χ4v) is 7.73. The predicted molar refractivity (Wildman–Crippen MR) is 204 cm³/mol. The number of benzene rings is 4. The van der Waals surface area contributed by atoms with Crippen molar-refractivity contribution in [1.82, 2.24) is 9.88 Å². The first-order valence-corrected chi connectivity index (χ1v) is 17.2. The normalized spacial score (nSPS) is 17.6. The minimum Gasteiger partial charge on any atom is -0.322 e. The molecule has 2 bridgehead atoms. The quantitative estimate of drug-likeness (QED) is 0.196. The van der Waals surface area contributed by atoms with E-state index < -0.39 is 0 Å². The number of hydrogen-bond donors (Lipinski definition) is 1. The summed E-state index contributed by atoms with van der Waals surface area (Å²) in [5, 5.41) is 34.4. The fraction of sp³-hybridized carbons (Fsp3) is 0.133. The molecule has 6 heteroatoms. The van der Waals surface area contributed by atoms with E-state index in [2.05, 4.69) is 112 Å². The zero-order chi connectivity index (χ0) is 34.9. The number of nitrogens with one attached hydrogen (secondary N) is 1. The molecule has 2 unspecified atom stereocenters. The van der Waals surface area contributed by atoms with Crippen molar-refractivity contribution in [2.45, 2.75) is 38.4 Å². The third-order valence-corrected chi connectivity index (χ3v) is 9.98. The Kier molecular flexibility index (Phi) is 8.27. The van der Waals surface area contributed by atoms with Crippen LogP contribution < -0.4 is 10.2 Å². The van der Waals surface area contributed by atoms with Gasteiger partial charge in [-0.2, -0.15) is 15.8 Å². The van der Waals surface area contributed by atoms with E-state index in [-0.39, 0.29) is 18.6 Å². The highest BCUT2D eigenvalue weighted by atomic mass is 15.3. The molecule has 51 heavy (non-hydrogen) atoms. The van der Waals surface area contributed by atoms with Gasteiger partial charge in [0.05, 0.1) is 58.7 Å². The Labute approximate surface area is 298 Å². The number of allylic oxidation sites excluding steroid dienone is 5. The van der Waals surface area contributed by atoms with E-state index in [9.17, 15) is 15.8 Å². The van der Waals surface area contributed by atoms with Gasteiger partial charge in [-0.3, -0.25) is 5.32 Å². The predicted octanol–water partition coefficient (Wildman–Crippen LogP) is 9.64. The zero-order valence-corrected chi connectivity index (χ0v) is 28.2. The maximum Gasteiger partial charge on any atom is 0.104 e. The van der Waals surface area contributed by atoms with E-state index in [1.165, 1.54) is 11.3 Å². The van der Waals surface area contributed by atoms with Crippen LogP contribution in [0.1, 0.15) is 42.1 Å². The van der Waals surface area contributed by atoms with Gasteiger partial charge in [-0.1, -0.05) is 60.7 Å². The maximum absolute atomic E-state index is 10.2. The molecule has 0 amide bonds. The summed E-state index contributed by atoms with van der Waals surface area (Å²) >= 11 is 0. The Morgan fingerprint density at radius 2 is 1.65 bits per heavy atom. The van der Waals surface area contributed by atoms with E-state index >= 15 is 0 Å². The van der Waals surface area contributed by atoms with Gasteiger partial charge in [0.25, 0.3) is 0 Å². The van der Waals surface area contributed by atoms with Crippen LogP contribution >= 0.6 is 0 Å².